The molecule has 1 amide bonds. The zero-order valence-corrected chi connectivity index (χ0v) is 18.4. The average Bonchev–Trinajstić information content (AvgIpc) is 3.46. The lowest BCUT2D eigenvalue weighted by Gasteiger charge is -2.08. The molecule has 7 nitrogen and oxygen atoms in total. The number of rotatable bonds is 7. The summed E-state index contributed by atoms with van der Waals surface area (Å²) >= 11 is 12.0. The van der Waals surface area contributed by atoms with Crippen molar-refractivity contribution in [3.8, 4) is 5.75 Å². The molecule has 2 aromatic carbocycles. The summed E-state index contributed by atoms with van der Waals surface area (Å²) in [7, 11) is 0. The van der Waals surface area contributed by atoms with Gasteiger partial charge in [0.2, 0.25) is 0 Å². The van der Waals surface area contributed by atoms with Crippen LogP contribution in [-0.4, -0.2) is 25.5 Å². The number of nitrogens with one attached hydrogen (secondary N) is 1. The predicted octanol–water partition coefficient (Wildman–Crippen LogP) is 5.28. The Morgan fingerprint density at radius 3 is 2.65 bits per heavy atom. The van der Waals surface area contributed by atoms with Crippen LogP contribution in [0.25, 0.3) is 0 Å². The van der Waals surface area contributed by atoms with Gasteiger partial charge in [-0.2, -0.15) is 10.2 Å². The summed E-state index contributed by atoms with van der Waals surface area (Å²) in [6.07, 6.45) is 3.99. The Hall–Kier alpha value is -3.57. The van der Waals surface area contributed by atoms with Crippen LogP contribution in [0, 0.1) is 23.3 Å². The smallest absolute Gasteiger partial charge is 0.276 e. The zero-order valence-electron chi connectivity index (χ0n) is 16.9. The molecule has 0 fully saturated rings. The van der Waals surface area contributed by atoms with Crippen molar-refractivity contribution < 1.29 is 27.1 Å². The van der Waals surface area contributed by atoms with E-state index in [9.17, 15) is 22.4 Å². The molecule has 0 aliphatic heterocycles. The fraction of sp³-hybridized carbons (Fsp3) is 0.0952. The minimum absolute atomic E-state index is 0.0450. The van der Waals surface area contributed by atoms with Crippen molar-refractivity contribution in [3.63, 3.8) is 0 Å². The maximum Gasteiger partial charge on any atom is 0.276 e. The minimum Gasteiger partial charge on any atom is -0.470 e. The largest absolute Gasteiger partial charge is 0.470 e. The summed E-state index contributed by atoms with van der Waals surface area (Å²) in [5.41, 5.74) is -0.477. The average molecular weight is 514 g/mol. The lowest BCUT2D eigenvalue weighted by Crippen LogP contribution is -2.14. The number of nitrogens with zero attached hydrogens (tertiary/aromatic N) is 4. The molecule has 2 heterocycles. The van der Waals surface area contributed by atoms with Crippen LogP contribution in [0.5, 0.6) is 5.75 Å². The van der Waals surface area contributed by atoms with Gasteiger partial charge in [0.15, 0.2) is 29.9 Å². The van der Waals surface area contributed by atoms with Gasteiger partial charge in [0.25, 0.3) is 5.91 Å². The van der Waals surface area contributed by atoms with Gasteiger partial charge in [-0.05, 0) is 18.2 Å². The fourth-order valence-electron chi connectivity index (χ4n) is 2.91. The molecule has 0 unspecified atom stereocenters. The summed E-state index contributed by atoms with van der Waals surface area (Å²) in [5.74, 6) is -6.57. The Bertz CT molecular complexity index is 1380. The highest BCUT2D eigenvalue weighted by atomic mass is 35.5. The van der Waals surface area contributed by atoms with Crippen LogP contribution in [0.1, 0.15) is 16.1 Å². The quantitative estimate of drug-likeness (QED) is 0.207. The van der Waals surface area contributed by atoms with Crippen LogP contribution in [0.15, 0.2) is 48.9 Å². The normalized spacial score (nSPS) is 11.0. The van der Waals surface area contributed by atoms with Gasteiger partial charge in [-0.1, -0.05) is 29.3 Å². The third kappa shape index (κ3) is 5.00. The van der Waals surface area contributed by atoms with E-state index in [4.69, 9.17) is 27.9 Å². The van der Waals surface area contributed by atoms with Crippen molar-refractivity contribution in [1.82, 2.24) is 19.6 Å². The first kappa shape index (κ1) is 23.6. The van der Waals surface area contributed by atoms with E-state index in [0.29, 0.717) is 10.8 Å². The zero-order chi connectivity index (χ0) is 24.4. The van der Waals surface area contributed by atoms with Crippen molar-refractivity contribution in [2.24, 2.45) is 0 Å². The van der Waals surface area contributed by atoms with Crippen LogP contribution in [0.4, 0.5) is 23.2 Å². The molecule has 176 valence electrons. The molecule has 0 spiro atoms. The maximum atomic E-state index is 13.9. The molecule has 0 bridgehead atoms. The van der Waals surface area contributed by atoms with Crippen LogP contribution in [0.3, 0.4) is 0 Å². The molecule has 1 N–H and O–H groups in total. The number of halogens is 6. The van der Waals surface area contributed by atoms with E-state index in [1.54, 1.807) is 18.2 Å². The first-order valence-electron chi connectivity index (χ1n) is 9.49. The van der Waals surface area contributed by atoms with Crippen LogP contribution in [-0.2, 0) is 13.3 Å². The third-order valence-electron chi connectivity index (χ3n) is 4.56. The van der Waals surface area contributed by atoms with E-state index in [1.807, 2.05) is 0 Å². The van der Waals surface area contributed by atoms with Crippen LogP contribution in [0.2, 0.25) is 10.0 Å². The molecule has 0 aliphatic carbocycles. The monoisotopic (exact) mass is 513 g/mol. The van der Waals surface area contributed by atoms with Gasteiger partial charge < -0.3 is 10.1 Å². The summed E-state index contributed by atoms with van der Waals surface area (Å²) in [4.78, 5) is 12.4. The van der Waals surface area contributed by atoms with Crippen molar-refractivity contribution in [1.29, 1.82) is 0 Å². The number of hydrogen-bond acceptors (Lipinski definition) is 4. The van der Waals surface area contributed by atoms with E-state index < -0.39 is 41.3 Å². The summed E-state index contributed by atoms with van der Waals surface area (Å²) < 4.78 is 62.1. The SMILES string of the molecule is O=C(Nc1cnn(Cc2c(F)cc(F)c(F)c2F)c1)c1ccn(COc2cccc(Cl)c2Cl)n1. The second-order valence-corrected chi connectivity index (χ2v) is 7.68. The van der Waals surface area contributed by atoms with Crippen LogP contribution >= 0.6 is 23.2 Å². The van der Waals surface area contributed by atoms with Gasteiger partial charge >= 0.3 is 0 Å². The fourth-order valence-corrected chi connectivity index (χ4v) is 3.25. The lowest BCUT2D eigenvalue weighted by molar-refractivity contribution is 0.102. The Morgan fingerprint density at radius 1 is 1.06 bits per heavy atom. The molecule has 34 heavy (non-hydrogen) atoms. The molecular weight excluding hydrogens is 501 g/mol. The van der Waals surface area contributed by atoms with E-state index >= 15 is 0 Å². The summed E-state index contributed by atoms with van der Waals surface area (Å²) in [6.45, 7) is -0.570. The van der Waals surface area contributed by atoms with Crippen molar-refractivity contribution in [2.45, 2.75) is 13.3 Å². The first-order valence-corrected chi connectivity index (χ1v) is 10.2. The lowest BCUT2D eigenvalue weighted by atomic mass is 10.2. The van der Waals surface area contributed by atoms with Gasteiger partial charge in [0, 0.05) is 24.0 Å². The van der Waals surface area contributed by atoms with Gasteiger partial charge in [0.05, 0.1) is 23.5 Å². The molecule has 0 radical (unpaired) electrons. The van der Waals surface area contributed by atoms with E-state index in [0.717, 1.165) is 4.68 Å². The molecule has 0 atom stereocenters. The Balaban J connectivity index is 1.39. The maximum absolute atomic E-state index is 13.9. The molecule has 0 saturated carbocycles. The van der Waals surface area contributed by atoms with E-state index in [-0.39, 0.29) is 29.2 Å². The number of benzene rings is 2. The highest BCUT2D eigenvalue weighted by Crippen LogP contribution is 2.31. The molecule has 2 aromatic heterocycles. The first-order chi connectivity index (χ1) is 16.2. The second-order valence-electron chi connectivity index (χ2n) is 6.89. The van der Waals surface area contributed by atoms with Gasteiger partial charge in [-0.15, -0.1) is 0 Å². The van der Waals surface area contributed by atoms with Gasteiger partial charge in [0.1, 0.15) is 16.6 Å². The molecule has 4 aromatic rings. The number of amides is 1. The Kier molecular flexibility index (Phi) is 6.75. The highest BCUT2D eigenvalue weighted by molar-refractivity contribution is 6.42. The number of aromatic nitrogens is 4. The van der Waals surface area contributed by atoms with Gasteiger partial charge in [-0.3, -0.25) is 9.48 Å². The molecule has 0 aliphatic rings. The molecular formula is C21H13Cl2F4N5O2. The predicted molar refractivity (Wildman–Crippen MR) is 115 cm³/mol. The number of anilines is 1. The van der Waals surface area contributed by atoms with Crippen molar-refractivity contribution >= 4 is 34.8 Å². The molecule has 0 saturated heterocycles. The summed E-state index contributed by atoms with van der Waals surface area (Å²) in [5, 5.41) is 11.0. The van der Waals surface area contributed by atoms with Crippen LogP contribution < -0.4 is 10.1 Å². The van der Waals surface area contributed by atoms with Gasteiger partial charge in [-0.25, -0.2) is 22.2 Å². The van der Waals surface area contributed by atoms with E-state index in [1.165, 1.54) is 29.3 Å². The van der Waals surface area contributed by atoms with Crippen molar-refractivity contribution in [2.75, 3.05) is 5.32 Å². The third-order valence-corrected chi connectivity index (χ3v) is 5.36. The Morgan fingerprint density at radius 2 is 1.85 bits per heavy atom. The second kappa shape index (κ2) is 9.74. The topological polar surface area (TPSA) is 74.0 Å². The highest BCUT2D eigenvalue weighted by Gasteiger charge is 2.20. The summed E-state index contributed by atoms with van der Waals surface area (Å²) in [6, 6.07) is 6.59. The Labute approximate surface area is 199 Å². The minimum atomic E-state index is -1.78. The number of carbonyl (C=O) groups excluding carboxylic acids is 1. The number of hydrogen-bond donors (Lipinski definition) is 1. The number of carbonyl (C=O) groups is 1. The molecule has 13 heteroatoms. The van der Waals surface area contributed by atoms with E-state index in [2.05, 4.69) is 15.5 Å². The standard InChI is InChI=1S/C21H13Cl2F4N5O2/c22-13-2-1-3-17(18(13)23)34-10-31-5-4-16(30-31)21(33)29-11-7-28-32(8-11)9-12-14(24)6-15(25)20(27)19(12)26/h1-8H,9-10H2,(H,29,33). The van der Waals surface area contributed by atoms with Crippen molar-refractivity contribution in [3.05, 3.63) is 93.5 Å². The number of ether oxygens (including phenoxy) is 1. The molecule has 4 rings (SSSR count).